The third kappa shape index (κ3) is 2.38. The molecule has 1 heterocycles. The molecular formula is C14H18N2O2. The summed E-state index contributed by atoms with van der Waals surface area (Å²) in [5, 5.41) is 4.38. The number of fused-ring (bicyclic) bond motifs is 1. The first kappa shape index (κ1) is 12.6. The van der Waals surface area contributed by atoms with Crippen LogP contribution in [0.15, 0.2) is 30.5 Å². The van der Waals surface area contributed by atoms with Crippen LogP contribution >= 0.6 is 0 Å². The number of hydrogen-bond acceptors (Lipinski definition) is 3. The Kier molecular flexibility index (Phi) is 3.39. The molecule has 18 heavy (non-hydrogen) atoms. The maximum Gasteiger partial charge on any atom is 0.325 e. The van der Waals surface area contributed by atoms with Crippen LogP contribution in [0.2, 0.25) is 0 Å². The fourth-order valence-electron chi connectivity index (χ4n) is 1.92. The van der Waals surface area contributed by atoms with E-state index in [1.54, 1.807) is 0 Å². The second-order valence-electron chi connectivity index (χ2n) is 4.83. The molecule has 0 aliphatic carbocycles. The predicted molar refractivity (Wildman–Crippen MR) is 71.2 cm³/mol. The molecule has 0 radical (unpaired) electrons. The second-order valence-corrected chi connectivity index (χ2v) is 4.83. The lowest BCUT2D eigenvalue weighted by Crippen LogP contribution is -2.46. The molecule has 0 atom stereocenters. The van der Waals surface area contributed by atoms with E-state index in [1.807, 2.05) is 38.2 Å². The van der Waals surface area contributed by atoms with Gasteiger partial charge in [-0.1, -0.05) is 18.2 Å². The number of hydrogen-bond donors (Lipinski definition) is 2. The molecule has 0 spiro atoms. The molecule has 0 bridgehead atoms. The number of aromatic amines is 1. The molecule has 2 rings (SSSR count). The third-order valence-corrected chi connectivity index (χ3v) is 3.09. The maximum atomic E-state index is 11.6. The number of esters is 1. The van der Waals surface area contributed by atoms with Crippen LogP contribution in [0, 0.1) is 0 Å². The van der Waals surface area contributed by atoms with Crippen molar-refractivity contribution in [3.8, 4) is 0 Å². The highest BCUT2D eigenvalue weighted by Gasteiger charge is 2.27. The van der Waals surface area contributed by atoms with Crippen LogP contribution in [-0.2, 0) is 16.1 Å². The molecule has 1 aromatic heterocycles. The predicted octanol–water partition coefficient (Wildman–Crippen LogP) is 2.21. The van der Waals surface area contributed by atoms with Gasteiger partial charge in [-0.3, -0.25) is 10.1 Å². The van der Waals surface area contributed by atoms with Gasteiger partial charge in [-0.2, -0.15) is 0 Å². The number of carbonyl (C=O) groups excluding carboxylic acids is 1. The van der Waals surface area contributed by atoms with Gasteiger partial charge in [-0.05, 0) is 25.5 Å². The third-order valence-electron chi connectivity index (χ3n) is 3.09. The quantitative estimate of drug-likeness (QED) is 0.813. The molecule has 0 aliphatic heterocycles. The van der Waals surface area contributed by atoms with Crippen LogP contribution in [0.4, 0.5) is 0 Å². The van der Waals surface area contributed by atoms with Crippen LogP contribution in [0.1, 0.15) is 19.4 Å². The zero-order valence-electron chi connectivity index (χ0n) is 10.9. The van der Waals surface area contributed by atoms with E-state index in [-0.39, 0.29) is 5.97 Å². The Hall–Kier alpha value is -1.81. The minimum Gasteiger partial charge on any atom is -0.468 e. The van der Waals surface area contributed by atoms with Crippen LogP contribution < -0.4 is 5.32 Å². The number of benzene rings is 1. The Labute approximate surface area is 106 Å². The summed E-state index contributed by atoms with van der Waals surface area (Å²) in [5.74, 6) is -0.262. The Bertz CT molecular complexity index is 558. The highest BCUT2D eigenvalue weighted by molar-refractivity contribution is 5.83. The van der Waals surface area contributed by atoms with Crippen LogP contribution in [0.25, 0.3) is 10.9 Å². The summed E-state index contributed by atoms with van der Waals surface area (Å²) in [4.78, 5) is 14.8. The van der Waals surface area contributed by atoms with Crippen LogP contribution in [0.5, 0.6) is 0 Å². The van der Waals surface area contributed by atoms with Gasteiger partial charge in [0.05, 0.1) is 7.11 Å². The lowest BCUT2D eigenvalue weighted by Gasteiger charge is -2.22. The number of rotatable bonds is 4. The number of methoxy groups -OCH3 is 1. The molecule has 96 valence electrons. The fourth-order valence-corrected chi connectivity index (χ4v) is 1.92. The van der Waals surface area contributed by atoms with Crippen molar-refractivity contribution in [2.24, 2.45) is 0 Å². The van der Waals surface area contributed by atoms with Crippen molar-refractivity contribution >= 4 is 16.9 Å². The molecule has 0 saturated carbocycles. The van der Waals surface area contributed by atoms with E-state index >= 15 is 0 Å². The minimum absolute atomic E-state index is 0.262. The smallest absolute Gasteiger partial charge is 0.325 e. The number of H-pyrrole nitrogens is 1. The maximum absolute atomic E-state index is 11.6. The summed E-state index contributed by atoms with van der Waals surface area (Å²) in [5.41, 5.74) is 1.56. The second kappa shape index (κ2) is 4.82. The molecule has 0 amide bonds. The molecule has 2 N–H and O–H groups in total. The molecule has 0 aliphatic rings. The van der Waals surface area contributed by atoms with Crippen molar-refractivity contribution < 1.29 is 9.53 Å². The van der Waals surface area contributed by atoms with Gasteiger partial charge in [-0.15, -0.1) is 0 Å². The van der Waals surface area contributed by atoms with Gasteiger partial charge < -0.3 is 9.72 Å². The van der Waals surface area contributed by atoms with E-state index in [1.165, 1.54) is 12.5 Å². The molecule has 0 fully saturated rings. The number of aromatic nitrogens is 1. The summed E-state index contributed by atoms with van der Waals surface area (Å²) in [7, 11) is 1.40. The van der Waals surface area contributed by atoms with Crippen molar-refractivity contribution in [1.82, 2.24) is 10.3 Å². The highest BCUT2D eigenvalue weighted by Crippen LogP contribution is 2.18. The van der Waals surface area contributed by atoms with Crippen LogP contribution in [-0.4, -0.2) is 23.6 Å². The zero-order chi connectivity index (χ0) is 13.2. The van der Waals surface area contributed by atoms with E-state index in [2.05, 4.69) is 16.4 Å². The first-order valence-electron chi connectivity index (χ1n) is 5.93. The Morgan fingerprint density at radius 2 is 2.11 bits per heavy atom. The Morgan fingerprint density at radius 1 is 1.39 bits per heavy atom. The average Bonchev–Trinajstić information content (AvgIpc) is 2.78. The monoisotopic (exact) mass is 246 g/mol. The van der Waals surface area contributed by atoms with Gasteiger partial charge in [0.15, 0.2) is 0 Å². The van der Waals surface area contributed by atoms with Crippen molar-refractivity contribution in [3.63, 3.8) is 0 Å². The molecular weight excluding hydrogens is 228 g/mol. The summed E-state index contributed by atoms with van der Waals surface area (Å²) < 4.78 is 4.76. The van der Waals surface area contributed by atoms with E-state index in [0.29, 0.717) is 6.54 Å². The molecule has 0 unspecified atom stereocenters. The Morgan fingerprint density at radius 3 is 2.83 bits per heavy atom. The Balaban J connectivity index is 2.13. The number of nitrogens with one attached hydrogen (secondary N) is 2. The van der Waals surface area contributed by atoms with E-state index in [0.717, 1.165) is 11.1 Å². The molecule has 4 nitrogen and oxygen atoms in total. The minimum atomic E-state index is -0.687. The summed E-state index contributed by atoms with van der Waals surface area (Å²) in [6, 6.07) is 8.10. The van der Waals surface area contributed by atoms with Crippen molar-refractivity contribution in [1.29, 1.82) is 0 Å². The topological polar surface area (TPSA) is 54.1 Å². The molecule has 0 saturated heterocycles. The van der Waals surface area contributed by atoms with E-state index in [4.69, 9.17) is 4.74 Å². The normalized spacial score (nSPS) is 11.7. The number of ether oxygens (including phenoxy) is 1. The van der Waals surface area contributed by atoms with Gasteiger partial charge >= 0.3 is 5.97 Å². The molecule has 2 aromatic rings. The lowest BCUT2D eigenvalue weighted by atomic mass is 10.1. The lowest BCUT2D eigenvalue weighted by molar-refractivity contribution is -0.147. The van der Waals surface area contributed by atoms with Gasteiger partial charge in [0.2, 0.25) is 0 Å². The summed E-state index contributed by atoms with van der Waals surface area (Å²) >= 11 is 0. The molecule has 1 aromatic carbocycles. The van der Waals surface area contributed by atoms with Gasteiger partial charge in [0.1, 0.15) is 5.54 Å². The standard InChI is InChI=1S/C14H18N2O2/c1-14(2,13(17)18-3)16-9-10-8-15-12-7-5-4-6-11(10)12/h4-8,15-16H,9H2,1-3H3. The number of carbonyl (C=O) groups is 1. The zero-order valence-corrected chi connectivity index (χ0v) is 10.9. The first-order valence-corrected chi connectivity index (χ1v) is 5.93. The number of para-hydroxylation sites is 1. The van der Waals surface area contributed by atoms with Crippen molar-refractivity contribution in [2.75, 3.05) is 7.11 Å². The van der Waals surface area contributed by atoms with E-state index in [9.17, 15) is 4.79 Å². The van der Waals surface area contributed by atoms with Crippen molar-refractivity contribution in [2.45, 2.75) is 25.9 Å². The SMILES string of the molecule is COC(=O)C(C)(C)NCc1c[nH]c2ccccc12. The summed E-state index contributed by atoms with van der Waals surface area (Å²) in [6.45, 7) is 4.24. The average molecular weight is 246 g/mol. The van der Waals surface area contributed by atoms with Gasteiger partial charge in [-0.25, -0.2) is 0 Å². The van der Waals surface area contributed by atoms with E-state index < -0.39 is 5.54 Å². The summed E-state index contributed by atoms with van der Waals surface area (Å²) in [6.07, 6.45) is 1.96. The highest BCUT2D eigenvalue weighted by atomic mass is 16.5. The van der Waals surface area contributed by atoms with Gasteiger partial charge in [0, 0.05) is 23.6 Å². The van der Waals surface area contributed by atoms with Crippen molar-refractivity contribution in [3.05, 3.63) is 36.0 Å². The first-order chi connectivity index (χ1) is 8.54. The fraction of sp³-hybridized carbons (Fsp3) is 0.357. The van der Waals surface area contributed by atoms with Gasteiger partial charge in [0.25, 0.3) is 0 Å². The van der Waals surface area contributed by atoms with Crippen LogP contribution in [0.3, 0.4) is 0 Å². The largest absolute Gasteiger partial charge is 0.468 e. The molecule has 4 heteroatoms.